The third-order valence-electron chi connectivity index (χ3n) is 3.60. The normalized spacial score (nSPS) is 16.8. The molecule has 2 rings (SSSR count). The zero-order valence-electron chi connectivity index (χ0n) is 11.0. The molecule has 3 heteroatoms. The van der Waals surface area contributed by atoms with Crippen LogP contribution in [0.15, 0.2) is 18.2 Å². The number of rotatable bonds is 5. The van der Waals surface area contributed by atoms with Crippen molar-refractivity contribution in [1.82, 2.24) is 5.32 Å². The second kappa shape index (κ2) is 6.74. The lowest BCUT2D eigenvalue weighted by molar-refractivity contribution is 0.321. The number of nitrogens with one attached hydrogen (secondary N) is 1. The zero-order chi connectivity index (χ0) is 12.8. The van der Waals surface area contributed by atoms with Gasteiger partial charge in [0.2, 0.25) is 0 Å². The first-order valence-corrected chi connectivity index (χ1v) is 6.91. The summed E-state index contributed by atoms with van der Waals surface area (Å²) in [6.07, 6.45) is 4.63. The van der Waals surface area contributed by atoms with Gasteiger partial charge in [-0.2, -0.15) is 0 Å². The number of hydrogen-bond acceptors (Lipinski definition) is 2. The fourth-order valence-corrected chi connectivity index (χ4v) is 2.51. The van der Waals surface area contributed by atoms with Crippen molar-refractivity contribution >= 4 is 0 Å². The third-order valence-corrected chi connectivity index (χ3v) is 3.60. The third kappa shape index (κ3) is 3.70. The van der Waals surface area contributed by atoms with Gasteiger partial charge in [-0.25, -0.2) is 4.39 Å². The van der Waals surface area contributed by atoms with Gasteiger partial charge in [0.1, 0.15) is 0 Å². The van der Waals surface area contributed by atoms with Crippen molar-refractivity contribution in [2.75, 3.05) is 19.7 Å². The van der Waals surface area contributed by atoms with E-state index in [1.807, 2.05) is 13.0 Å². The van der Waals surface area contributed by atoms with E-state index in [1.54, 1.807) is 12.1 Å². The van der Waals surface area contributed by atoms with Gasteiger partial charge < -0.3 is 10.1 Å². The predicted molar refractivity (Wildman–Crippen MR) is 71.5 cm³/mol. The molecule has 18 heavy (non-hydrogen) atoms. The fraction of sp³-hybridized carbons (Fsp3) is 0.600. The summed E-state index contributed by atoms with van der Waals surface area (Å²) in [6.45, 7) is 4.63. The molecule has 0 aromatic heterocycles. The van der Waals surface area contributed by atoms with Crippen molar-refractivity contribution < 1.29 is 9.13 Å². The van der Waals surface area contributed by atoms with Gasteiger partial charge in [-0.05, 0) is 69.3 Å². The van der Waals surface area contributed by atoms with Crippen LogP contribution >= 0.6 is 0 Å². The molecule has 100 valence electrons. The van der Waals surface area contributed by atoms with Crippen LogP contribution in [0.2, 0.25) is 0 Å². The molecule has 1 aromatic carbocycles. The molecule has 1 fully saturated rings. The van der Waals surface area contributed by atoms with E-state index in [1.165, 1.54) is 12.8 Å². The highest BCUT2D eigenvalue weighted by molar-refractivity contribution is 5.29. The molecule has 0 bridgehead atoms. The molecule has 1 aromatic rings. The van der Waals surface area contributed by atoms with E-state index in [0.717, 1.165) is 37.4 Å². The summed E-state index contributed by atoms with van der Waals surface area (Å²) in [5, 5.41) is 3.37. The minimum Gasteiger partial charge on any atom is -0.491 e. The van der Waals surface area contributed by atoms with Crippen molar-refractivity contribution in [2.24, 2.45) is 5.92 Å². The summed E-state index contributed by atoms with van der Waals surface area (Å²) in [7, 11) is 0. The molecule has 1 aliphatic heterocycles. The summed E-state index contributed by atoms with van der Waals surface area (Å²) in [4.78, 5) is 0. The number of piperidine rings is 1. The summed E-state index contributed by atoms with van der Waals surface area (Å²) >= 11 is 0. The van der Waals surface area contributed by atoms with Crippen LogP contribution in [0.1, 0.15) is 31.7 Å². The van der Waals surface area contributed by atoms with E-state index >= 15 is 0 Å². The fourth-order valence-electron chi connectivity index (χ4n) is 2.51. The predicted octanol–water partition coefficient (Wildman–Crippen LogP) is 3.16. The van der Waals surface area contributed by atoms with Crippen molar-refractivity contribution in [1.29, 1.82) is 0 Å². The highest BCUT2D eigenvalue weighted by atomic mass is 19.1. The van der Waals surface area contributed by atoms with Crippen LogP contribution in [-0.2, 0) is 6.42 Å². The van der Waals surface area contributed by atoms with E-state index < -0.39 is 0 Å². The first-order valence-electron chi connectivity index (χ1n) is 6.91. The molecular formula is C15H22FNO. The van der Waals surface area contributed by atoms with Crippen LogP contribution in [-0.4, -0.2) is 19.7 Å². The van der Waals surface area contributed by atoms with Crippen LogP contribution in [0.4, 0.5) is 4.39 Å². The van der Waals surface area contributed by atoms with E-state index in [2.05, 4.69) is 5.32 Å². The first-order chi connectivity index (χ1) is 8.79. The van der Waals surface area contributed by atoms with Crippen LogP contribution < -0.4 is 10.1 Å². The van der Waals surface area contributed by atoms with Crippen molar-refractivity contribution in [3.8, 4) is 5.75 Å². The van der Waals surface area contributed by atoms with Crippen molar-refractivity contribution in [3.05, 3.63) is 29.6 Å². The second-order valence-corrected chi connectivity index (χ2v) is 4.93. The number of hydrogen-bond donors (Lipinski definition) is 1. The molecule has 0 saturated carbocycles. The Kier molecular flexibility index (Phi) is 5.00. The molecule has 2 nitrogen and oxygen atoms in total. The number of ether oxygens (including phenoxy) is 1. The number of halogens is 1. The molecule has 1 N–H and O–H groups in total. The second-order valence-electron chi connectivity index (χ2n) is 4.93. The molecule has 0 unspecified atom stereocenters. The standard InChI is InChI=1S/C15H22FNO/c1-2-18-15-6-5-13(11-14(15)16)4-3-12-7-9-17-10-8-12/h5-6,11-12,17H,2-4,7-10H2,1H3. The lowest BCUT2D eigenvalue weighted by atomic mass is 9.91. The Morgan fingerprint density at radius 1 is 1.33 bits per heavy atom. The summed E-state index contributed by atoms with van der Waals surface area (Å²) < 4.78 is 18.9. The first kappa shape index (κ1) is 13.3. The lowest BCUT2D eigenvalue weighted by Crippen LogP contribution is -2.27. The van der Waals surface area contributed by atoms with Crippen molar-refractivity contribution in [3.63, 3.8) is 0 Å². The number of aryl methyl sites for hydroxylation is 1. The SMILES string of the molecule is CCOc1ccc(CCC2CCNCC2)cc1F. The Labute approximate surface area is 109 Å². The van der Waals surface area contributed by atoms with Gasteiger partial charge in [0.25, 0.3) is 0 Å². The number of benzene rings is 1. The maximum Gasteiger partial charge on any atom is 0.165 e. The highest BCUT2D eigenvalue weighted by Gasteiger charge is 2.13. The van der Waals surface area contributed by atoms with Crippen LogP contribution in [0, 0.1) is 11.7 Å². The minimum atomic E-state index is -0.236. The Morgan fingerprint density at radius 3 is 2.78 bits per heavy atom. The van der Waals surface area contributed by atoms with Gasteiger partial charge in [-0.3, -0.25) is 0 Å². The molecule has 0 spiro atoms. The average molecular weight is 251 g/mol. The Morgan fingerprint density at radius 2 is 2.11 bits per heavy atom. The highest BCUT2D eigenvalue weighted by Crippen LogP contribution is 2.22. The minimum absolute atomic E-state index is 0.236. The average Bonchev–Trinajstić information content (AvgIpc) is 2.41. The molecule has 1 aliphatic rings. The van der Waals surface area contributed by atoms with Crippen LogP contribution in [0.25, 0.3) is 0 Å². The van der Waals surface area contributed by atoms with Gasteiger partial charge in [0, 0.05) is 0 Å². The maximum atomic E-state index is 13.7. The van der Waals surface area contributed by atoms with Gasteiger partial charge in [0.05, 0.1) is 6.61 Å². The Balaban J connectivity index is 1.87. The van der Waals surface area contributed by atoms with Crippen LogP contribution in [0.5, 0.6) is 5.75 Å². The van der Waals surface area contributed by atoms with E-state index in [-0.39, 0.29) is 5.82 Å². The monoisotopic (exact) mass is 251 g/mol. The van der Waals surface area contributed by atoms with E-state index in [9.17, 15) is 4.39 Å². The van der Waals surface area contributed by atoms with E-state index in [0.29, 0.717) is 12.4 Å². The Hall–Kier alpha value is -1.09. The smallest absolute Gasteiger partial charge is 0.165 e. The Bertz CT molecular complexity index is 375. The van der Waals surface area contributed by atoms with Gasteiger partial charge in [0.15, 0.2) is 11.6 Å². The van der Waals surface area contributed by atoms with Gasteiger partial charge >= 0.3 is 0 Å². The molecule has 0 atom stereocenters. The topological polar surface area (TPSA) is 21.3 Å². The molecule has 0 aliphatic carbocycles. The zero-order valence-corrected chi connectivity index (χ0v) is 11.0. The van der Waals surface area contributed by atoms with Crippen LogP contribution in [0.3, 0.4) is 0 Å². The lowest BCUT2D eigenvalue weighted by Gasteiger charge is -2.22. The van der Waals surface area contributed by atoms with E-state index in [4.69, 9.17) is 4.74 Å². The van der Waals surface area contributed by atoms with Gasteiger partial charge in [-0.15, -0.1) is 0 Å². The molecule has 0 amide bonds. The maximum absolute atomic E-state index is 13.7. The van der Waals surface area contributed by atoms with Crippen molar-refractivity contribution in [2.45, 2.75) is 32.6 Å². The summed E-state index contributed by atoms with van der Waals surface area (Å²) in [5.74, 6) is 0.920. The van der Waals surface area contributed by atoms with Gasteiger partial charge in [-0.1, -0.05) is 6.07 Å². The molecule has 0 radical (unpaired) electrons. The molecule has 1 heterocycles. The molecular weight excluding hydrogens is 229 g/mol. The molecule has 1 saturated heterocycles. The summed E-state index contributed by atoms with van der Waals surface area (Å²) in [6, 6.07) is 5.35. The summed E-state index contributed by atoms with van der Waals surface area (Å²) in [5.41, 5.74) is 1.08. The largest absolute Gasteiger partial charge is 0.491 e. The quantitative estimate of drug-likeness (QED) is 0.868.